The Morgan fingerprint density at radius 3 is 2.72 bits per heavy atom. The van der Waals surface area contributed by atoms with Crippen LogP contribution in [-0.4, -0.2) is 23.2 Å². The van der Waals surface area contributed by atoms with Gasteiger partial charge in [0.25, 0.3) is 5.91 Å². The number of ether oxygens (including phenoxy) is 1. The van der Waals surface area contributed by atoms with Crippen LogP contribution in [0.15, 0.2) is 80.6 Å². The van der Waals surface area contributed by atoms with Crippen LogP contribution in [0.1, 0.15) is 42.4 Å². The van der Waals surface area contributed by atoms with Gasteiger partial charge in [-0.15, -0.1) is 0 Å². The number of carbonyl (C=O) groups excluding carboxylic acids is 1. The zero-order chi connectivity index (χ0) is 21.9. The molecule has 3 aromatic rings. The second kappa shape index (κ2) is 8.60. The highest BCUT2D eigenvalue weighted by atomic mass is 16.5. The number of nitriles is 1. The van der Waals surface area contributed by atoms with E-state index in [-0.39, 0.29) is 24.5 Å². The SMILES string of the molecule is N#Cc1ccc(OCC(=O)N2N=C3/C(=C\c4ccco4)CCCC3C2c2ccco2)cc1. The minimum absolute atomic E-state index is 0.0509. The summed E-state index contributed by atoms with van der Waals surface area (Å²) in [5, 5.41) is 15.2. The summed E-state index contributed by atoms with van der Waals surface area (Å²) in [7, 11) is 0. The van der Waals surface area contributed by atoms with E-state index in [0.717, 1.165) is 36.3 Å². The Bertz CT molecular complexity index is 1190. The molecule has 1 saturated carbocycles. The van der Waals surface area contributed by atoms with Gasteiger partial charge in [-0.05, 0) is 79.4 Å². The molecule has 3 heterocycles. The molecule has 1 aliphatic carbocycles. The first-order valence-corrected chi connectivity index (χ1v) is 10.5. The number of hydrogen-bond donors (Lipinski definition) is 0. The molecule has 0 N–H and O–H groups in total. The highest BCUT2D eigenvalue weighted by molar-refractivity contribution is 6.08. The van der Waals surface area contributed by atoms with Crippen molar-refractivity contribution in [3.63, 3.8) is 0 Å². The van der Waals surface area contributed by atoms with Crippen molar-refractivity contribution in [3.05, 3.63) is 83.7 Å². The third kappa shape index (κ3) is 3.83. The van der Waals surface area contributed by atoms with Crippen molar-refractivity contribution >= 4 is 17.7 Å². The standard InChI is InChI=1S/C25H21N3O4/c26-15-17-8-10-19(11-9-17)32-16-23(29)28-25(22-7-3-13-31-22)21-6-1-4-18(24(21)27-28)14-20-5-2-12-30-20/h2-3,5,7-14,21,25H,1,4,6,16H2/b18-14-. The molecule has 1 aliphatic heterocycles. The summed E-state index contributed by atoms with van der Waals surface area (Å²) in [6, 6.07) is 15.9. The third-order valence-electron chi connectivity index (χ3n) is 5.80. The van der Waals surface area contributed by atoms with Crippen LogP contribution in [0.4, 0.5) is 0 Å². The lowest BCUT2D eigenvalue weighted by Gasteiger charge is -2.27. The monoisotopic (exact) mass is 427 g/mol. The molecule has 2 unspecified atom stereocenters. The average molecular weight is 427 g/mol. The molecule has 1 fully saturated rings. The number of carbonyl (C=O) groups is 1. The van der Waals surface area contributed by atoms with Gasteiger partial charge >= 0.3 is 0 Å². The molecular weight excluding hydrogens is 406 g/mol. The molecule has 2 aromatic heterocycles. The van der Waals surface area contributed by atoms with Crippen molar-refractivity contribution in [2.24, 2.45) is 11.0 Å². The fourth-order valence-corrected chi connectivity index (χ4v) is 4.33. The molecule has 0 saturated heterocycles. The molecule has 1 amide bonds. The maximum Gasteiger partial charge on any atom is 0.281 e. The smallest absolute Gasteiger partial charge is 0.281 e. The molecule has 2 aliphatic rings. The van der Waals surface area contributed by atoms with Gasteiger partial charge in [-0.1, -0.05) is 0 Å². The van der Waals surface area contributed by atoms with Crippen LogP contribution in [0.25, 0.3) is 6.08 Å². The minimum atomic E-state index is -0.308. The molecule has 5 rings (SSSR count). The van der Waals surface area contributed by atoms with E-state index in [1.54, 1.807) is 36.8 Å². The largest absolute Gasteiger partial charge is 0.484 e. The summed E-state index contributed by atoms with van der Waals surface area (Å²) >= 11 is 0. The number of furan rings is 2. The molecular formula is C25H21N3O4. The molecule has 1 aromatic carbocycles. The zero-order valence-electron chi connectivity index (χ0n) is 17.3. The Kier molecular flexibility index (Phi) is 5.34. The molecule has 160 valence electrons. The highest BCUT2D eigenvalue weighted by Gasteiger charge is 2.45. The molecule has 32 heavy (non-hydrogen) atoms. The summed E-state index contributed by atoms with van der Waals surface area (Å²) < 4.78 is 16.9. The van der Waals surface area contributed by atoms with Gasteiger partial charge in [0.05, 0.1) is 29.9 Å². The molecule has 7 heteroatoms. The van der Waals surface area contributed by atoms with Gasteiger partial charge in [-0.2, -0.15) is 10.4 Å². The molecule has 2 atom stereocenters. The van der Waals surface area contributed by atoms with Crippen LogP contribution in [0.3, 0.4) is 0 Å². The first kappa shape index (κ1) is 19.9. The van der Waals surface area contributed by atoms with Crippen molar-refractivity contribution in [2.75, 3.05) is 6.61 Å². The lowest BCUT2D eigenvalue weighted by molar-refractivity contribution is -0.136. The van der Waals surface area contributed by atoms with Gasteiger partial charge in [-0.3, -0.25) is 4.79 Å². The van der Waals surface area contributed by atoms with E-state index in [4.69, 9.17) is 23.9 Å². The topological polar surface area (TPSA) is 92.0 Å². The Morgan fingerprint density at radius 1 is 1.19 bits per heavy atom. The molecule has 0 spiro atoms. The number of fused-ring (bicyclic) bond motifs is 1. The number of hydrazone groups is 1. The quantitative estimate of drug-likeness (QED) is 0.575. The van der Waals surface area contributed by atoms with Crippen molar-refractivity contribution in [3.8, 4) is 11.8 Å². The average Bonchev–Trinajstić information content (AvgIpc) is 3.58. The van der Waals surface area contributed by atoms with E-state index in [9.17, 15) is 4.79 Å². The van der Waals surface area contributed by atoms with Crippen molar-refractivity contribution in [1.29, 1.82) is 5.26 Å². The lowest BCUT2D eigenvalue weighted by atomic mass is 9.79. The second-order valence-electron chi connectivity index (χ2n) is 7.79. The summed E-state index contributed by atoms with van der Waals surface area (Å²) in [4.78, 5) is 13.2. The number of amides is 1. The van der Waals surface area contributed by atoms with E-state index in [2.05, 4.69) is 6.07 Å². The van der Waals surface area contributed by atoms with E-state index in [0.29, 0.717) is 17.1 Å². The summed E-state index contributed by atoms with van der Waals surface area (Å²) in [6.45, 7) is -0.163. The predicted molar refractivity (Wildman–Crippen MR) is 116 cm³/mol. The predicted octanol–water partition coefficient (Wildman–Crippen LogP) is 4.95. The Labute approximate surface area is 185 Å². The Hall–Kier alpha value is -4.05. The Balaban J connectivity index is 1.41. The van der Waals surface area contributed by atoms with Crippen molar-refractivity contribution in [1.82, 2.24) is 5.01 Å². The van der Waals surface area contributed by atoms with Gasteiger partial charge in [0.2, 0.25) is 0 Å². The van der Waals surface area contributed by atoms with Crippen LogP contribution >= 0.6 is 0 Å². The van der Waals surface area contributed by atoms with Crippen LogP contribution in [-0.2, 0) is 4.79 Å². The van der Waals surface area contributed by atoms with Crippen LogP contribution in [0, 0.1) is 17.2 Å². The fraction of sp³-hybridized carbons (Fsp3) is 0.240. The number of benzene rings is 1. The zero-order valence-corrected chi connectivity index (χ0v) is 17.3. The number of rotatable bonds is 5. The normalized spacial score (nSPS) is 21.2. The van der Waals surface area contributed by atoms with E-state index < -0.39 is 0 Å². The van der Waals surface area contributed by atoms with Crippen LogP contribution < -0.4 is 4.74 Å². The van der Waals surface area contributed by atoms with E-state index in [1.165, 1.54) is 5.01 Å². The van der Waals surface area contributed by atoms with Gasteiger partial charge < -0.3 is 13.6 Å². The summed E-state index contributed by atoms with van der Waals surface area (Å²) in [5.41, 5.74) is 2.52. The number of hydrogen-bond acceptors (Lipinski definition) is 6. The van der Waals surface area contributed by atoms with E-state index >= 15 is 0 Å². The van der Waals surface area contributed by atoms with Crippen molar-refractivity contribution in [2.45, 2.75) is 25.3 Å². The molecule has 7 nitrogen and oxygen atoms in total. The first-order valence-electron chi connectivity index (χ1n) is 10.5. The lowest BCUT2D eigenvalue weighted by Crippen LogP contribution is -2.34. The molecule has 0 radical (unpaired) electrons. The van der Waals surface area contributed by atoms with Crippen molar-refractivity contribution < 1.29 is 18.4 Å². The van der Waals surface area contributed by atoms with Gasteiger partial charge in [-0.25, -0.2) is 5.01 Å². The maximum atomic E-state index is 13.2. The van der Waals surface area contributed by atoms with Gasteiger partial charge in [0, 0.05) is 5.92 Å². The number of nitrogens with zero attached hydrogens (tertiary/aromatic N) is 3. The Morgan fingerprint density at radius 2 is 2.00 bits per heavy atom. The summed E-state index contributed by atoms with van der Waals surface area (Å²) in [6.07, 6.45) is 8.06. The van der Waals surface area contributed by atoms with Crippen LogP contribution in [0.2, 0.25) is 0 Å². The van der Waals surface area contributed by atoms with E-state index in [1.807, 2.05) is 30.3 Å². The minimum Gasteiger partial charge on any atom is -0.484 e. The maximum absolute atomic E-state index is 13.2. The molecule has 0 bridgehead atoms. The van der Waals surface area contributed by atoms with Gasteiger partial charge in [0.1, 0.15) is 23.3 Å². The third-order valence-corrected chi connectivity index (χ3v) is 5.80. The van der Waals surface area contributed by atoms with Crippen LogP contribution in [0.5, 0.6) is 5.75 Å². The summed E-state index contributed by atoms with van der Waals surface area (Å²) in [5.74, 6) is 1.80. The fourth-order valence-electron chi connectivity index (χ4n) is 4.33. The second-order valence-corrected chi connectivity index (χ2v) is 7.79. The van der Waals surface area contributed by atoms with Gasteiger partial charge in [0.15, 0.2) is 6.61 Å². The highest BCUT2D eigenvalue weighted by Crippen LogP contribution is 2.44. The first-order chi connectivity index (χ1) is 15.7. The number of allylic oxidation sites excluding steroid dienone is 1.